The number of benzene rings is 2. The van der Waals surface area contributed by atoms with Crippen LogP contribution in [0.1, 0.15) is 38.3 Å². The zero-order valence-electron chi connectivity index (χ0n) is 21.1. The van der Waals surface area contributed by atoms with Gasteiger partial charge < -0.3 is 18.9 Å². The van der Waals surface area contributed by atoms with E-state index in [1.807, 2.05) is 12.1 Å². The second kappa shape index (κ2) is 11.7. The lowest BCUT2D eigenvalue weighted by Crippen LogP contribution is -2.43. The van der Waals surface area contributed by atoms with Crippen molar-refractivity contribution in [3.8, 4) is 16.9 Å². The monoisotopic (exact) mass is 492 g/mol. The maximum atomic E-state index is 11.9. The van der Waals surface area contributed by atoms with Crippen LogP contribution in [0.15, 0.2) is 66.8 Å². The van der Waals surface area contributed by atoms with E-state index in [-0.39, 0.29) is 19.8 Å². The van der Waals surface area contributed by atoms with Gasteiger partial charge in [0.05, 0.1) is 5.41 Å². The van der Waals surface area contributed by atoms with Crippen molar-refractivity contribution >= 4 is 18.1 Å². The zero-order valence-corrected chi connectivity index (χ0v) is 21.1. The van der Waals surface area contributed by atoms with Crippen molar-refractivity contribution in [3.63, 3.8) is 0 Å². The third kappa shape index (κ3) is 6.84. The van der Waals surface area contributed by atoms with Crippen molar-refractivity contribution in [2.24, 2.45) is 5.41 Å². The summed E-state index contributed by atoms with van der Waals surface area (Å²) in [6, 6.07) is 13.7. The molecule has 7 nitrogen and oxygen atoms in total. The van der Waals surface area contributed by atoms with Gasteiger partial charge in [-0.05, 0) is 67.5 Å². The highest BCUT2D eigenvalue weighted by Crippen LogP contribution is 2.32. The van der Waals surface area contributed by atoms with E-state index >= 15 is 0 Å². The van der Waals surface area contributed by atoms with Crippen LogP contribution in [-0.2, 0) is 36.6 Å². The van der Waals surface area contributed by atoms with Gasteiger partial charge in [-0.1, -0.05) is 50.4 Å². The quantitative estimate of drug-likeness (QED) is 0.242. The molecule has 1 saturated heterocycles. The first-order valence-corrected chi connectivity index (χ1v) is 11.8. The summed E-state index contributed by atoms with van der Waals surface area (Å²) in [7, 11) is 0. The van der Waals surface area contributed by atoms with Crippen molar-refractivity contribution < 1.29 is 33.3 Å². The Labute approximate surface area is 211 Å². The zero-order chi connectivity index (χ0) is 26.3. The van der Waals surface area contributed by atoms with Crippen molar-refractivity contribution in [2.45, 2.75) is 40.0 Å². The molecule has 36 heavy (non-hydrogen) atoms. The third-order valence-electron chi connectivity index (χ3n) is 6.07. The van der Waals surface area contributed by atoms with E-state index in [1.165, 1.54) is 5.56 Å². The number of esters is 2. The fourth-order valence-electron chi connectivity index (χ4n) is 3.83. The number of hydrogen-bond acceptors (Lipinski definition) is 7. The third-order valence-corrected chi connectivity index (χ3v) is 6.07. The summed E-state index contributed by atoms with van der Waals surface area (Å²) in [6.45, 7) is 12.8. The molecule has 1 aliphatic heterocycles. The van der Waals surface area contributed by atoms with Gasteiger partial charge in [0.15, 0.2) is 0 Å². The molecule has 0 N–H and O–H groups in total. The number of carbonyl (C=O) groups is 3. The number of aryl methyl sites for hydroxylation is 2. The van der Waals surface area contributed by atoms with Gasteiger partial charge in [-0.2, -0.15) is 0 Å². The van der Waals surface area contributed by atoms with Crippen molar-refractivity contribution in [1.82, 2.24) is 0 Å². The Balaban J connectivity index is 1.73. The Hall–Kier alpha value is -3.87. The first-order chi connectivity index (χ1) is 17.1. The fraction of sp³-hybridized carbons (Fsp3) is 0.345. The summed E-state index contributed by atoms with van der Waals surface area (Å²) >= 11 is 0. The predicted octanol–water partition coefficient (Wildman–Crippen LogP) is 5.60. The van der Waals surface area contributed by atoms with Crippen LogP contribution in [0.5, 0.6) is 5.75 Å². The average Bonchev–Trinajstić information content (AvgIpc) is 2.87. The standard InChI is InChI=1S/C29H32O7/c1-6-22-15-21(7-12-25(22)23-8-10-24(11-9-23)36-27(31)20(4)5)13-14-29(16-33-26(30)19(2)3)17-34-28(32)35-18-29/h7-12,15H,2,4,6,13-14,16-18H2,1,3,5H3. The summed E-state index contributed by atoms with van der Waals surface area (Å²) in [5, 5.41) is 0. The van der Waals surface area contributed by atoms with E-state index in [1.54, 1.807) is 26.0 Å². The van der Waals surface area contributed by atoms with E-state index < -0.39 is 23.5 Å². The maximum absolute atomic E-state index is 11.9. The smallest absolute Gasteiger partial charge is 0.461 e. The van der Waals surface area contributed by atoms with E-state index in [4.69, 9.17) is 18.9 Å². The number of cyclic esters (lactones) is 2. The van der Waals surface area contributed by atoms with Crippen LogP contribution in [0.3, 0.4) is 0 Å². The lowest BCUT2D eigenvalue weighted by molar-refractivity contribution is -0.149. The maximum Gasteiger partial charge on any atom is 0.508 e. The molecule has 1 aliphatic rings. The molecule has 0 bridgehead atoms. The molecule has 0 radical (unpaired) electrons. The summed E-state index contributed by atoms with van der Waals surface area (Å²) < 4.78 is 20.9. The Morgan fingerprint density at radius 1 is 0.972 bits per heavy atom. The van der Waals surface area contributed by atoms with Gasteiger partial charge in [0.2, 0.25) is 0 Å². The molecule has 0 saturated carbocycles. The summed E-state index contributed by atoms with van der Waals surface area (Å²) in [4.78, 5) is 35.1. The minimum absolute atomic E-state index is 0.0764. The minimum Gasteiger partial charge on any atom is -0.461 e. The topological polar surface area (TPSA) is 88.1 Å². The minimum atomic E-state index is -0.713. The normalized spacial score (nSPS) is 14.2. The molecule has 0 aliphatic carbocycles. The van der Waals surface area contributed by atoms with Crippen LogP contribution in [0, 0.1) is 5.41 Å². The molecule has 0 atom stereocenters. The molecule has 7 heteroatoms. The predicted molar refractivity (Wildman–Crippen MR) is 136 cm³/mol. The van der Waals surface area contributed by atoms with Crippen molar-refractivity contribution in [3.05, 3.63) is 77.9 Å². The van der Waals surface area contributed by atoms with Gasteiger partial charge in [-0.15, -0.1) is 0 Å². The second-order valence-electron chi connectivity index (χ2n) is 9.22. The van der Waals surface area contributed by atoms with Crippen molar-refractivity contribution in [2.75, 3.05) is 19.8 Å². The van der Waals surface area contributed by atoms with Gasteiger partial charge in [-0.25, -0.2) is 14.4 Å². The van der Waals surface area contributed by atoms with E-state index in [0.29, 0.717) is 29.7 Å². The molecular formula is C29H32O7. The molecule has 0 aromatic heterocycles. The molecule has 1 heterocycles. The van der Waals surface area contributed by atoms with Crippen LogP contribution in [0.2, 0.25) is 0 Å². The fourth-order valence-corrected chi connectivity index (χ4v) is 3.83. The second-order valence-corrected chi connectivity index (χ2v) is 9.22. The number of hydrogen-bond donors (Lipinski definition) is 0. The van der Waals surface area contributed by atoms with Crippen LogP contribution < -0.4 is 4.74 Å². The Morgan fingerprint density at radius 2 is 1.61 bits per heavy atom. The Morgan fingerprint density at radius 3 is 2.19 bits per heavy atom. The molecule has 1 fully saturated rings. The molecule has 0 unspecified atom stereocenters. The Bertz CT molecular complexity index is 1150. The highest BCUT2D eigenvalue weighted by Gasteiger charge is 2.39. The molecule has 0 amide bonds. The number of ether oxygens (including phenoxy) is 4. The van der Waals surface area contributed by atoms with Crippen LogP contribution in [0.4, 0.5) is 4.79 Å². The van der Waals surface area contributed by atoms with Gasteiger partial charge >= 0.3 is 18.1 Å². The summed E-state index contributed by atoms with van der Waals surface area (Å²) in [5.74, 6) is -0.467. The first kappa shape index (κ1) is 26.7. The summed E-state index contributed by atoms with van der Waals surface area (Å²) in [5.41, 5.74) is 4.43. The van der Waals surface area contributed by atoms with Gasteiger partial charge in [0.25, 0.3) is 0 Å². The molecule has 190 valence electrons. The summed E-state index contributed by atoms with van der Waals surface area (Å²) in [6.07, 6.45) is 1.41. The molecule has 3 rings (SSSR count). The highest BCUT2D eigenvalue weighted by molar-refractivity contribution is 5.89. The van der Waals surface area contributed by atoms with E-state index in [2.05, 4.69) is 38.3 Å². The lowest BCUT2D eigenvalue weighted by Gasteiger charge is -2.35. The highest BCUT2D eigenvalue weighted by atomic mass is 16.7. The first-order valence-electron chi connectivity index (χ1n) is 11.8. The van der Waals surface area contributed by atoms with E-state index in [0.717, 1.165) is 23.1 Å². The van der Waals surface area contributed by atoms with Gasteiger partial charge in [0, 0.05) is 11.1 Å². The van der Waals surface area contributed by atoms with E-state index in [9.17, 15) is 14.4 Å². The largest absolute Gasteiger partial charge is 0.508 e. The molecule has 2 aromatic carbocycles. The molecule has 2 aromatic rings. The SMILES string of the molecule is C=C(C)C(=O)OCC1(CCc2ccc(-c3ccc(OC(=O)C(=C)C)cc3)c(CC)c2)COC(=O)OC1. The average molecular weight is 493 g/mol. The number of carbonyl (C=O) groups excluding carboxylic acids is 3. The van der Waals surface area contributed by atoms with Gasteiger partial charge in [0.1, 0.15) is 25.6 Å². The lowest BCUT2D eigenvalue weighted by atomic mass is 9.83. The van der Waals surface area contributed by atoms with Crippen LogP contribution in [-0.4, -0.2) is 37.9 Å². The molecular weight excluding hydrogens is 460 g/mol. The molecule has 0 spiro atoms. The Kier molecular flexibility index (Phi) is 8.69. The van der Waals surface area contributed by atoms with Gasteiger partial charge in [-0.3, -0.25) is 0 Å². The number of rotatable bonds is 10. The van der Waals surface area contributed by atoms with Crippen LogP contribution in [0.25, 0.3) is 11.1 Å². The van der Waals surface area contributed by atoms with Crippen molar-refractivity contribution in [1.29, 1.82) is 0 Å². The van der Waals surface area contributed by atoms with Crippen LogP contribution >= 0.6 is 0 Å².